The van der Waals surface area contributed by atoms with E-state index in [1.807, 2.05) is 0 Å². The third-order valence-electron chi connectivity index (χ3n) is 4.55. The molecule has 0 unspecified atom stereocenters. The summed E-state index contributed by atoms with van der Waals surface area (Å²) in [5.41, 5.74) is 1.17. The second kappa shape index (κ2) is 10.0. The van der Waals surface area contributed by atoms with Gasteiger partial charge in [-0.05, 0) is 53.7 Å². The Hall–Kier alpha value is -3.46. The van der Waals surface area contributed by atoms with Gasteiger partial charge in [-0.15, -0.1) is 0 Å². The van der Waals surface area contributed by atoms with Crippen LogP contribution in [0.5, 0.6) is 17.2 Å². The summed E-state index contributed by atoms with van der Waals surface area (Å²) in [6, 6.07) is 12.0. The lowest BCUT2D eigenvalue weighted by Crippen LogP contribution is -2.37. The van der Waals surface area contributed by atoms with Crippen LogP contribution >= 0.6 is 11.8 Å². The van der Waals surface area contributed by atoms with Crippen molar-refractivity contribution in [1.29, 1.82) is 0 Å². The van der Waals surface area contributed by atoms with Gasteiger partial charge >= 0.3 is 0 Å². The van der Waals surface area contributed by atoms with E-state index in [0.29, 0.717) is 27.7 Å². The van der Waals surface area contributed by atoms with Gasteiger partial charge < -0.3 is 19.5 Å². The molecule has 0 aliphatic carbocycles. The van der Waals surface area contributed by atoms with Gasteiger partial charge in [-0.3, -0.25) is 19.3 Å². The maximum atomic E-state index is 12.6. The number of hydrogen-bond donors (Lipinski definition) is 1. The number of nitrogens with one attached hydrogen (secondary N) is 1. The minimum absolute atomic E-state index is 0.0731. The van der Waals surface area contributed by atoms with Gasteiger partial charge in [0.1, 0.15) is 5.75 Å². The third kappa shape index (κ3) is 5.18. The molecule has 31 heavy (non-hydrogen) atoms. The number of carbonyl (C=O) groups excluding carboxylic acids is 3. The van der Waals surface area contributed by atoms with Crippen molar-refractivity contribution in [3.63, 3.8) is 0 Å². The minimum Gasteiger partial charge on any atom is -0.497 e. The van der Waals surface area contributed by atoms with Gasteiger partial charge in [0.2, 0.25) is 0 Å². The number of nitrogens with zero attached hydrogens (tertiary/aromatic N) is 1. The second-order valence-electron chi connectivity index (χ2n) is 6.43. The fraction of sp³-hybridized carbons (Fsp3) is 0.227. The van der Waals surface area contributed by atoms with Crippen LogP contribution in [-0.2, 0) is 4.79 Å². The molecule has 1 fully saturated rings. The molecule has 8 nitrogen and oxygen atoms in total. The molecule has 1 saturated heterocycles. The Labute approximate surface area is 184 Å². The third-order valence-corrected chi connectivity index (χ3v) is 5.46. The first-order chi connectivity index (χ1) is 15.0. The standard InChI is InChI=1S/C22H22N2O6S/c1-28-16-7-4-14(5-8-16)12-19-21(26)24(22(27)31-19)11-10-23-20(25)15-6-9-17(29-2)18(13-15)30-3/h4-9,12-13H,10-11H2,1-3H3,(H,23,25)/b19-12-. The van der Waals surface area contributed by atoms with Gasteiger partial charge in [0.25, 0.3) is 17.1 Å². The second-order valence-corrected chi connectivity index (χ2v) is 7.43. The molecule has 0 aromatic heterocycles. The Morgan fingerprint density at radius 3 is 2.35 bits per heavy atom. The minimum atomic E-state index is -0.383. The summed E-state index contributed by atoms with van der Waals surface area (Å²) >= 11 is 0.875. The maximum Gasteiger partial charge on any atom is 0.293 e. The molecule has 0 bridgehead atoms. The first-order valence-corrected chi connectivity index (χ1v) is 10.2. The van der Waals surface area contributed by atoms with Crippen LogP contribution in [-0.4, -0.2) is 56.4 Å². The van der Waals surface area contributed by atoms with E-state index in [1.54, 1.807) is 55.7 Å². The molecule has 2 aromatic carbocycles. The smallest absolute Gasteiger partial charge is 0.293 e. The largest absolute Gasteiger partial charge is 0.497 e. The molecule has 0 saturated carbocycles. The zero-order valence-corrected chi connectivity index (χ0v) is 18.2. The van der Waals surface area contributed by atoms with Crippen LogP contribution in [0.2, 0.25) is 0 Å². The van der Waals surface area contributed by atoms with Gasteiger partial charge in [0.15, 0.2) is 11.5 Å². The summed E-state index contributed by atoms with van der Waals surface area (Å²) in [6.07, 6.45) is 1.66. The van der Waals surface area contributed by atoms with Crippen molar-refractivity contribution >= 4 is 34.9 Å². The molecule has 1 aliphatic rings. The van der Waals surface area contributed by atoms with E-state index < -0.39 is 0 Å². The quantitative estimate of drug-likeness (QED) is 0.628. The van der Waals surface area contributed by atoms with Crippen molar-refractivity contribution in [3.8, 4) is 17.2 Å². The number of rotatable bonds is 8. The average Bonchev–Trinajstić information content (AvgIpc) is 3.06. The molecule has 1 N–H and O–H groups in total. The SMILES string of the molecule is COc1ccc(/C=C2\SC(=O)N(CCNC(=O)c3ccc(OC)c(OC)c3)C2=O)cc1. The lowest BCUT2D eigenvalue weighted by atomic mass is 10.2. The number of carbonyl (C=O) groups is 3. The molecule has 3 rings (SSSR count). The summed E-state index contributed by atoms with van der Waals surface area (Å²) in [7, 11) is 4.57. The molecule has 0 radical (unpaired) electrons. The number of amides is 3. The zero-order chi connectivity index (χ0) is 22.4. The average molecular weight is 442 g/mol. The lowest BCUT2D eigenvalue weighted by molar-refractivity contribution is -0.122. The van der Waals surface area contributed by atoms with Gasteiger partial charge in [-0.2, -0.15) is 0 Å². The predicted molar refractivity (Wildman–Crippen MR) is 118 cm³/mol. The number of hydrogen-bond acceptors (Lipinski definition) is 7. The van der Waals surface area contributed by atoms with E-state index in [-0.39, 0.29) is 30.1 Å². The number of methoxy groups -OCH3 is 3. The van der Waals surface area contributed by atoms with Crippen LogP contribution in [0.4, 0.5) is 4.79 Å². The first kappa shape index (κ1) is 22.2. The fourth-order valence-electron chi connectivity index (χ4n) is 2.91. The van der Waals surface area contributed by atoms with Gasteiger partial charge in [-0.1, -0.05) is 12.1 Å². The van der Waals surface area contributed by atoms with Crippen LogP contribution in [0.15, 0.2) is 47.4 Å². The number of thioether (sulfide) groups is 1. The Morgan fingerprint density at radius 1 is 1.00 bits per heavy atom. The summed E-state index contributed by atoms with van der Waals surface area (Å²) in [6.45, 7) is 0.199. The van der Waals surface area contributed by atoms with Crippen molar-refractivity contribution in [3.05, 3.63) is 58.5 Å². The Balaban J connectivity index is 1.59. The van der Waals surface area contributed by atoms with Crippen molar-refractivity contribution in [1.82, 2.24) is 10.2 Å². The summed E-state index contributed by atoms with van der Waals surface area (Å²) in [5, 5.41) is 2.34. The van der Waals surface area contributed by atoms with E-state index in [2.05, 4.69) is 5.32 Å². The topological polar surface area (TPSA) is 94.2 Å². The molecule has 1 aliphatic heterocycles. The van der Waals surface area contributed by atoms with E-state index in [4.69, 9.17) is 14.2 Å². The molecule has 2 aromatic rings. The Bertz CT molecular complexity index is 1020. The van der Waals surface area contributed by atoms with Crippen molar-refractivity contribution in [2.45, 2.75) is 0 Å². The van der Waals surface area contributed by atoms with E-state index in [9.17, 15) is 14.4 Å². The molecular weight excluding hydrogens is 420 g/mol. The molecule has 3 amide bonds. The molecular formula is C22H22N2O6S. The first-order valence-electron chi connectivity index (χ1n) is 9.36. The lowest BCUT2D eigenvalue weighted by Gasteiger charge is -2.13. The predicted octanol–water partition coefficient (Wildman–Crippen LogP) is 3.18. The molecule has 162 valence electrons. The fourth-order valence-corrected chi connectivity index (χ4v) is 3.77. The van der Waals surface area contributed by atoms with Gasteiger partial charge in [-0.25, -0.2) is 0 Å². The highest BCUT2D eigenvalue weighted by Crippen LogP contribution is 2.32. The van der Waals surface area contributed by atoms with Crippen LogP contribution in [0.3, 0.4) is 0 Å². The monoisotopic (exact) mass is 442 g/mol. The molecule has 0 atom stereocenters. The van der Waals surface area contributed by atoms with Crippen LogP contribution < -0.4 is 19.5 Å². The van der Waals surface area contributed by atoms with Crippen molar-refractivity contribution in [2.24, 2.45) is 0 Å². The number of imide groups is 1. The van der Waals surface area contributed by atoms with E-state index >= 15 is 0 Å². The normalized spacial score (nSPS) is 14.7. The molecule has 1 heterocycles. The van der Waals surface area contributed by atoms with Gasteiger partial charge in [0.05, 0.1) is 26.2 Å². The van der Waals surface area contributed by atoms with Crippen molar-refractivity contribution in [2.75, 3.05) is 34.4 Å². The summed E-state index contributed by atoms with van der Waals surface area (Å²) in [4.78, 5) is 38.7. The number of benzene rings is 2. The summed E-state index contributed by atoms with van der Waals surface area (Å²) in [5.74, 6) is 0.925. The van der Waals surface area contributed by atoms with E-state index in [0.717, 1.165) is 22.2 Å². The van der Waals surface area contributed by atoms with Crippen LogP contribution in [0.25, 0.3) is 6.08 Å². The molecule has 0 spiro atoms. The summed E-state index contributed by atoms with van der Waals surface area (Å²) < 4.78 is 15.5. The highest BCUT2D eigenvalue weighted by molar-refractivity contribution is 8.18. The van der Waals surface area contributed by atoms with Gasteiger partial charge in [0, 0.05) is 18.7 Å². The zero-order valence-electron chi connectivity index (χ0n) is 17.3. The highest BCUT2D eigenvalue weighted by atomic mass is 32.2. The number of ether oxygens (including phenoxy) is 3. The Morgan fingerprint density at radius 2 is 1.71 bits per heavy atom. The Kier molecular flexibility index (Phi) is 7.19. The van der Waals surface area contributed by atoms with Crippen LogP contribution in [0, 0.1) is 0 Å². The van der Waals surface area contributed by atoms with Crippen molar-refractivity contribution < 1.29 is 28.6 Å². The maximum absolute atomic E-state index is 12.6. The van der Waals surface area contributed by atoms with E-state index in [1.165, 1.54) is 14.2 Å². The molecule has 9 heteroatoms. The van der Waals surface area contributed by atoms with Crippen LogP contribution in [0.1, 0.15) is 15.9 Å². The highest BCUT2D eigenvalue weighted by Gasteiger charge is 2.34.